The van der Waals surface area contributed by atoms with Crippen LogP contribution in [0.3, 0.4) is 0 Å². The Bertz CT molecular complexity index is 1280. The summed E-state index contributed by atoms with van der Waals surface area (Å²) in [5.41, 5.74) is 6.88. The number of amides is 3. The van der Waals surface area contributed by atoms with E-state index in [4.69, 9.17) is 15.2 Å². The Morgan fingerprint density at radius 1 is 1.08 bits per heavy atom. The van der Waals surface area contributed by atoms with E-state index in [2.05, 4.69) is 10.3 Å². The number of primary amides is 1. The molecule has 2 aromatic carbocycles. The molecule has 0 spiro atoms. The van der Waals surface area contributed by atoms with E-state index in [0.29, 0.717) is 30.1 Å². The van der Waals surface area contributed by atoms with Crippen LogP contribution < -0.4 is 20.5 Å². The zero-order valence-electron chi connectivity index (χ0n) is 21.0. The molecule has 4 rings (SSSR count). The molecule has 10 heteroatoms. The molecule has 0 radical (unpaired) electrons. The van der Waals surface area contributed by atoms with Crippen molar-refractivity contribution < 1.29 is 23.9 Å². The summed E-state index contributed by atoms with van der Waals surface area (Å²) in [6.07, 6.45) is 1.61. The average molecular weight is 523 g/mol. The molecule has 3 N–H and O–H groups in total. The van der Waals surface area contributed by atoms with E-state index in [9.17, 15) is 14.4 Å². The van der Waals surface area contributed by atoms with Crippen molar-refractivity contribution in [2.45, 2.75) is 38.7 Å². The van der Waals surface area contributed by atoms with Crippen molar-refractivity contribution in [3.05, 3.63) is 69.7 Å². The Labute approximate surface area is 219 Å². The van der Waals surface area contributed by atoms with Crippen LogP contribution in [0.2, 0.25) is 0 Å². The number of nitrogens with zero attached hydrogens (tertiary/aromatic N) is 2. The highest BCUT2D eigenvalue weighted by Crippen LogP contribution is 2.32. The molecule has 2 heterocycles. The van der Waals surface area contributed by atoms with Crippen molar-refractivity contribution in [2.75, 3.05) is 25.5 Å². The lowest BCUT2D eigenvalue weighted by atomic mass is 9.97. The predicted octanol–water partition coefficient (Wildman–Crippen LogP) is 4.31. The number of nitrogens with two attached hydrogens (primary N) is 1. The number of hydrogen-bond acceptors (Lipinski definition) is 7. The highest BCUT2D eigenvalue weighted by atomic mass is 32.1. The van der Waals surface area contributed by atoms with E-state index < -0.39 is 11.8 Å². The lowest BCUT2D eigenvalue weighted by molar-refractivity contribution is 0.0712. The van der Waals surface area contributed by atoms with Crippen LogP contribution in [0.25, 0.3) is 0 Å². The number of piperidine rings is 1. The van der Waals surface area contributed by atoms with Crippen LogP contribution in [0.1, 0.15) is 68.8 Å². The van der Waals surface area contributed by atoms with Crippen LogP contribution in [0, 0.1) is 0 Å². The molecular weight excluding hydrogens is 492 g/mol. The van der Waals surface area contributed by atoms with Crippen LogP contribution in [0.4, 0.5) is 5.69 Å². The van der Waals surface area contributed by atoms with Gasteiger partial charge in [-0.15, -0.1) is 11.3 Å². The van der Waals surface area contributed by atoms with Gasteiger partial charge in [0, 0.05) is 35.5 Å². The fourth-order valence-corrected chi connectivity index (χ4v) is 5.16. The molecule has 1 fully saturated rings. The number of anilines is 1. The summed E-state index contributed by atoms with van der Waals surface area (Å²) in [4.78, 5) is 43.7. The Morgan fingerprint density at radius 2 is 1.76 bits per heavy atom. The Kier molecular flexibility index (Phi) is 8.08. The average Bonchev–Trinajstić information content (AvgIpc) is 3.39. The summed E-state index contributed by atoms with van der Waals surface area (Å²) in [6.45, 7) is 5.16. The molecule has 9 nitrogen and oxygen atoms in total. The minimum Gasteiger partial charge on any atom is -0.495 e. The number of ether oxygens (including phenoxy) is 2. The first-order valence-corrected chi connectivity index (χ1v) is 12.9. The Morgan fingerprint density at radius 3 is 2.38 bits per heavy atom. The van der Waals surface area contributed by atoms with E-state index >= 15 is 0 Å². The van der Waals surface area contributed by atoms with Gasteiger partial charge in [0.25, 0.3) is 11.8 Å². The first kappa shape index (κ1) is 26.2. The van der Waals surface area contributed by atoms with Crippen LogP contribution in [0.5, 0.6) is 11.5 Å². The number of methoxy groups -OCH3 is 1. The number of carbonyl (C=O) groups is 3. The third kappa shape index (κ3) is 6.26. The van der Waals surface area contributed by atoms with Gasteiger partial charge in [-0.05, 0) is 69.2 Å². The summed E-state index contributed by atoms with van der Waals surface area (Å²) < 4.78 is 10.9. The minimum absolute atomic E-state index is 0.000825. The smallest absolute Gasteiger partial charge is 0.275 e. The van der Waals surface area contributed by atoms with Gasteiger partial charge < -0.3 is 25.4 Å². The fraction of sp³-hybridized carbons (Fsp3) is 0.333. The number of likely N-dealkylation sites (tertiary alicyclic amines) is 1. The first-order chi connectivity index (χ1) is 17.7. The lowest BCUT2D eigenvalue weighted by Crippen LogP contribution is -2.37. The molecule has 0 bridgehead atoms. The van der Waals surface area contributed by atoms with Crippen molar-refractivity contribution in [2.24, 2.45) is 5.73 Å². The summed E-state index contributed by atoms with van der Waals surface area (Å²) in [5.74, 6) is 0.322. The maximum atomic E-state index is 12.9. The van der Waals surface area contributed by atoms with E-state index in [-0.39, 0.29) is 29.2 Å². The van der Waals surface area contributed by atoms with Crippen molar-refractivity contribution in [1.29, 1.82) is 0 Å². The zero-order chi connectivity index (χ0) is 26.5. The molecule has 37 heavy (non-hydrogen) atoms. The van der Waals surface area contributed by atoms with Gasteiger partial charge in [-0.3, -0.25) is 14.4 Å². The molecule has 3 amide bonds. The minimum atomic E-state index is -0.601. The van der Waals surface area contributed by atoms with E-state index in [1.54, 1.807) is 23.6 Å². The summed E-state index contributed by atoms with van der Waals surface area (Å²) in [5, 5.41) is 5.34. The third-order valence-corrected chi connectivity index (χ3v) is 7.10. The maximum Gasteiger partial charge on any atom is 0.275 e. The molecule has 1 aromatic heterocycles. The quantitative estimate of drug-likeness (QED) is 0.454. The molecule has 3 aromatic rings. The van der Waals surface area contributed by atoms with E-state index in [1.165, 1.54) is 30.6 Å². The number of aromatic nitrogens is 1. The molecule has 0 unspecified atom stereocenters. The van der Waals surface area contributed by atoms with Crippen LogP contribution in [-0.4, -0.2) is 53.9 Å². The third-order valence-electron chi connectivity index (χ3n) is 6.09. The van der Waals surface area contributed by atoms with Gasteiger partial charge >= 0.3 is 0 Å². The van der Waals surface area contributed by atoms with E-state index in [0.717, 1.165) is 23.6 Å². The van der Waals surface area contributed by atoms with Gasteiger partial charge in [-0.1, -0.05) is 0 Å². The van der Waals surface area contributed by atoms with Crippen LogP contribution >= 0.6 is 11.3 Å². The summed E-state index contributed by atoms with van der Waals surface area (Å²) >= 11 is 1.43. The van der Waals surface area contributed by atoms with Crippen molar-refractivity contribution >= 4 is 34.7 Å². The van der Waals surface area contributed by atoms with Crippen LogP contribution in [0.15, 0.2) is 47.8 Å². The number of benzene rings is 2. The molecule has 0 atom stereocenters. The maximum absolute atomic E-state index is 12.9. The topological polar surface area (TPSA) is 124 Å². The Balaban J connectivity index is 1.35. The second-order valence-corrected chi connectivity index (χ2v) is 9.95. The Hall–Kier alpha value is -3.92. The molecular formula is C27H30N4O5S. The van der Waals surface area contributed by atoms with Gasteiger partial charge in [0.1, 0.15) is 17.2 Å². The van der Waals surface area contributed by atoms with Gasteiger partial charge in [-0.25, -0.2) is 4.98 Å². The number of rotatable bonds is 8. The second kappa shape index (κ2) is 11.4. The van der Waals surface area contributed by atoms with Crippen LogP contribution in [-0.2, 0) is 0 Å². The van der Waals surface area contributed by atoms with Gasteiger partial charge in [0.15, 0.2) is 0 Å². The van der Waals surface area contributed by atoms with Crippen molar-refractivity contribution in [1.82, 2.24) is 9.88 Å². The molecule has 0 saturated carbocycles. The number of hydrogen-bond donors (Lipinski definition) is 2. The van der Waals surface area contributed by atoms with Crippen molar-refractivity contribution in [3.63, 3.8) is 0 Å². The van der Waals surface area contributed by atoms with Crippen molar-refractivity contribution in [3.8, 4) is 11.5 Å². The highest BCUT2D eigenvalue weighted by molar-refractivity contribution is 7.10. The molecule has 1 aliphatic rings. The number of carbonyl (C=O) groups excluding carboxylic acids is 3. The fourth-order valence-electron chi connectivity index (χ4n) is 4.19. The standard InChI is InChI=1S/C27H30N4O5S/c1-16(2)36-20-7-4-18(5-8-20)27(34)31-12-10-17(11-13-31)26-30-22(15-37-26)25(33)29-21-14-19(24(28)32)6-9-23(21)35-3/h4-9,14-17H,10-13H2,1-3H3,(H2,28,32)(H,29,33). The largest absolute Gasteiger partial charge is 0.495 e. The normalized spacial score (nSPS) is 13.9. The molecule has 1 aliphatic heterocycles. The predicted molar refractivity (Wildman–Crippen MR) is 142 cm³/mol. The zero-order valence-corrected chi connectivity index (χ0v) is 21.8. The summed E-state index contributed by atoms with van der Waals surface area (Å²) in [7, 11) is 1.48. The van der Waals surface area contributed by atoms with E-state index in [1.807, 2.05) is 30.9 Å². The molecule has 0 aliphatic carbocycles. The molecule has 1 saturated heterocycles. The number of thiazole rings is 1. The molecule has 194 valence electrons. The van der Waals surface area contributed by atoms with Gasteiger partial charge in [0.05, 0.1) is 23.9 Å². The lowest BCUT2D eigenvalue weighted by Gasteiger charge is -2.31. The van der Waals surface area contributed by atoms with Gasteiger partial charge in [0.2, 0.25) is 5.91 Å². The monoisotopic (exact) mass is 522 g/mol. The summed E-state index contributed by atoms with van der Waals surface area (Å²) in [6, 6.07) is 11.8. The SMILES string of the molecule is COc1ccc(C(N)=O)cc1NC(=O)c1csc(C2CCN(C(=O)c3ccc(OC(C)C)cc3)CC2)n1. The highest BCUT2D eigenvalue weighted by Gasteiger charge is 2.27. The number of nitrogens with one attached hydrogen (secondary N) is 1. The van der Waals surface area contributed by atoms with Gasteiger partial charge in [-0.2, -0.15) is 0 Å². The second-order valence-electron chi connectivity index (χ2n) is 9.06. The first-order valence-electron chi connectivity index (χ1n) is 12.1.